The number of thiazole rings is 1. The topological polar surface area (TPSA) is 76.0 Å². The Morgan fingerprint density at radius 3 is 3.12 bits per heavy atom. The third kappa shape index (κ3) is 3.01. The number of carbonyl (C=O) groups is 1. The molecule has 0 saturated heterocycles. The van der Waals surface area contributed by atoms with Crippen LogP contribution in [0.1, 0.15) is 5.69 Å². The van der Waals surface area contributed by atoms with Crippen LogP contribution in [-0.2, 0) is 11.2 Å². The molecule has 0 aromatic carbocycles. The molecule has 0 atom stereocenters. The van der Waals surface area contributed by atoms with Crippen molar-refractivity contribution >= 4 is 29.1 Å². The Hall–Kier alpha value is -1.47. The van der Waals surface area contributed by atoms with Gasteiger partial charge in [0.2, 0.25) is 0 Å². The van der Waals surface area contributed by atoms with Gasteiger partial charge in [-0.25, -0.2) is 4.98 Å². The summed E-state index contributed by atoms with van der Waals surface area (Å²) in [6.45, 7) is 0. The van der Waals surface area contributed by atoms with E-state index in [0.29, 0.717) is 5.69 Å². The molecule has 0 fully saturated rings. The van der Waals surface area contributed by atoms with Crippen molar-refractivity contribution < 1.29 is 9.90 Å². The molecule has 0 saturated carbocycles. The minimum absolute atomic E-state index is 0.0441. The average Bonchev–Trinajstić information content (AvgIpc) is 2.66. The van der Waals surface area contributed by atoms with Gasteiger partial charge < -0.3 is 5.11 Å². The monoisotopic (exact) mass is 253 g/mol. The maximum absolute atomic E-state index is 10.5. The summed E-state index contributed by atoms with van der Waals surface area (Å²) in [5, 5.41) is 18.7. The molecule has 2 rings (SSSR count). The first-order valence-corrected chi connectivity index (χ1v) is 6.05. The van der Waals surface area contributed by atoms with E-state index < -0.39 is 5.97 Å². The van der Waals surface area contributed by atoms with Crippen molar-refractivity contribution in [1.82, 2.24) is 15.2 Å². The summed E-state index contributed by atoms with van der Waals surface area (Å²) in [5.41, 5.74) is 0.573. The molecule has 1 N–H and O–H groups in total. The number of hydrogen-bond acceptors (Lipinski definition) is 6. The van der Waals surface area contributed by atoms with E-state index in [2.05, 4.69) is 15.2 Å². The van der Waals surface area contributed by atoms with Crippen molar-refractivity contribution in [3.63, 3.8) is 0 Å². The predicted molar refractivity (Wildman–Crippen MR) is 59.6 cm³/mol. The van der Waals surface area contributed by atoms with Gasteiger partial charge in [0.25, 0.3) is 0 Å². The zero-order valence-corrected chi connectivity index (χ0v) is 9.66. The molecule has 0 radical (unpaired) electrons. The quantitative estimate of drug-likeness (QED) is 0.894. The number of carboxylic acid groups (broad SMARTS) is 1. The number of aromatic nitrogens is 3. The normalized spacial score (nSPS) is 10.2. The average molecular weight is 253 g/mol. The highest BCUT2D eigenvalue weighted by Crippen LogP contribution is 2.28. The molecule has 16 heavy (non-hydrogen) atoms. The second kappa shape index (κ2) is 5.04. The molecule has 2 heterocycles. The first-order chi connectivity index (χ1) is 7.74. The lowest BCUT2D eigenvalue weighted by Crippen LogP contribution is -1.99. The zero-order valence-electron chi connectivity index (χ0n) is 8.03. The van der Waals surface area contributed by atoms with Gasteiger partial charge in [-0.3, -0.25) is 4.79 Å². The Morgan fingerprint density at radius 2 is 2.44 bits per heavy atom. The molecule has 0 amide bonds. The Bertz CT molecular complexity index is 487. The lowest BCUT2D eigenvalue weighted by atomic mass is 10.3. The highest BCUT2D eigenvalue weighted by Gasteiger charge is 2.07. The number of hydrogen-bond donors (Lipinski definition) is 1. The first-order valence-electron chi connectivity index (χ1n) is 4.36. The van der Waals surface area contributed by atoms with E-state index in [1.165, 1.54) is 23.1 Å². The van der Waals surface area contributed by atoms with Crippen LogP contribution in [0.2, 0.25) is 0 Å². The van der Waals surface area contributed by atoms with Crippen molar-refractivity contribution in [3.05, 3.63) is 29.4 Å². The summed E-state index contributed by atoms with van der Waals surface area (Å²) in [4.78, 5) is 14.7. The molecule has 82 valence electrons. The number of carboxylic acids is 1. The molecule has 0 spiro atoms. The van der Waals surface area contributed by atoms with Gasteiger partial charge >= 0.3 is 5.97 Å². The number of nitrogens with zero attached hydrogens (tertiary/aromatic N) is 3. The van der Waals surface area contributed by atoms with E-state index in [4.69, 9.17) is 5.11 Å². The molecule has 0 unspecified atom stereocenters. The molecule has 0 aliphatic rings. The van der Waals surface area contributed by atoms with Crippen molar-refractivity contribution in [2.45, 2.75) is 15.8 Å². The summed E-state index contributed by atoms with van der Waals surface area (Å²) in [5.74, 6) is -0.874. The molecular weight excluding hydrogens is 246 g/mol. The zero-order chi connectivity index (χ0) is 11.4. The van der Waals surface area contributed by atoms with Crippen LogP contribution < -0.4 is 0 Å². The molecule has 2 aromatic rings. The van der Waals surface area contributed by atoms with Gasteiger partial charge in [-0.05, 0) is 23.9 Å². The third-order valence-corrected chi connectivity index (χ3v) is 3.52. The maximum atomic E-state index is 10.5. The smallest absolute Gasteiger partial charge is 0.309 e. The van der Waals surface area contributed by atoms with Crippen LogP contribution in [0.4, 0.5) is 0 Å². The van der Waals surface area contributed by atoms with Crippen LogP contribution in [0.3, 0.4) is 0 Å². The molecule has 0 bridgehead atoms. The van der Waals surface area contributed by atoms with Crippen LogP contribution in [0.5, 0.6) is 0 Å². The van der Waals surface area contributed by atoms with E-state index in [9.17, 15) is 4.79 Å². The second-order valence-electron chi connectivity index (χ2n) is 2.84. The van der Waals surface area contributed by atoms with Crippen LogP contribution in [0.25, 0.3) is 0 Å². The number of rotatable bonds is 4. The first kappa shape index (κ1) is 11.0. The Kier molecular flexibility index (Phi) is 3.47. The van der Waals surface area contributed by atoms with Crippen molar-refractivity contribution in [3.8, 4) is 0 Å². The van der Waals surface area contributed by atoms with E-state index in [-0.39, 0.29) is 6.42 Å². The fourth-order valence-corrected chi connectivity index (χ4v) is 2.71. The van der Waals surface area contributed by atoms with Crippen LogP contribution >= 0.6 is 23.1 Å². The van der Waals surface area contributed by atoms with E-state index >= 15 is 0 Å². The minimum atomic E-state index is -0.874. The minimum Gasteiger partial charge on any atom is -0.481 e. The number of aliphatic carboxylic acids is 1. The molecule has 0 aliphatic heterocycles. The Balaban J connectivity index is 2.06. The highest BCUT2D eigenvalue weighted by atomic mass is 32.2. The summed E-state index contributed by atoms with van der Waals surface area (Å²) in [6.07, 6.45) is 1.55. The molecule has 7 heteroatoms. The molecular formula is C9H7N3O2S2. The lowest BCUT2D eigenvalue weighted by Gasteiger charge is -1.93. The fourth-order valence-electron chi connectivity index (χ4n) is 1.00. The van der Waals surface area contributed by atoms with Crippen LogP contribution in [-0.4, -0.2) is 26.3 Å². The Labute approximate surface area is 99.6 Å². The van der Waals surface area contributed by atoms with Gasteiger partial charge in [-0.15, -0.1) is 16.4 Å². The van der Waals surface area contributed by atoms with E-state index in [1.807, 2.05) is 6.07 Å². The summed E-state index contributed by atoms with van der Waals surface area (Å²) >= 11 is 2.78. The molecule has 5 nitrogen and oxygen atoms in total. The summed E-state index contributed by atoms with van der Waals surface area (Å²) < 4.78 is 0.775. The molecule has 0 aliphatic carbocycles. The summed E-state index contributed by atoms with van der Waals surface area (Å²) in [7, 11) is 0. The fraction of sp³-hybridized carbons (Fsp3) is 0.111. The van der Waals surface area contributed by atoms with Gasteiger partial charge in [0, 0.05) is 11.6 Å². The highest BCUT2D eigenvalue weighted by molar-refractivity contribution is 8.00. The van der Waals surface area contributed by atoms with Gasteiger partial charge in [-0.2, -0.15) is 5.10 Å². The van der Waals surface area contributed by atoms with Gasteiger partial charge in [0.15, 0.2) is 4.34 Å². The third-order valence-electron chi connectivity index (χ3n) is 1.60. The van der Waals surface area contributed by atoms with E-state index in [1.54, 1.807) is 17.6 Å². The molecule has 2 aromatic heterocycles. The standard InChI is InChI=1S/C9H7N3O2S2/c13-8(14)4-6-5-15-9(11-6)16-7-2-1-3-10-12-7/h1-3,5H,4H2,(H,13,14). The lowest BCUT2D eigenvalue weighted by molar-refractivity contribution is -0.136. The Morgan fingerprint density at radius 1 is 1.56 bits per heavy atom. The predicted octanol–water partition coefficient (Wildman–Crippen LogP) is 1.71. The van der Waals surface area contributed by atoms with Gasteiger partial charge in [0.1, 0.15) is 5.03 Å². The van der Waals surface area contributed by atoms with Crippen molar-refractivity contribution in [2.75, 3.05) is 0 Å². The van der Waals surface area contributed by atoms with E-state index in [0.717, 1.165) is 9.37 Å². The van der Waals surface area contributed by atoms with Crippen LogP contribution in [0, 0.1) is 0 Å². The van der Waals surface area contributed by atoms with Gasteiger partial charge in [0.05, 0.1) is 12.1 Å². The van der Waals surface area contributed by atoms with Gasteiger partial charge in [-0.1, -0.05) is 0 Å². The van der Waals surface area contributed by atoms with Crippen LogP contribution in [0.15, 0.2) is 33.1 Å². The second-order valence-corrected chi connectivity index (χ2v) is 4.96. The summed E-state index contributed by atoms with van der Waals surface area (Å²) in [6, 6.07) is 3.62. The largest absolute Gasteiger partial charge is 0.481 e. The maximum Gasteiger partial charge on any atom is 0.309 e. The van der Waals surface area contributed by atoms with Crippen molar-refractivity contribution in [2.24, 2.45) is 0 Å². The van der Waals surface area contributed by atoms with Crippen molar-refractivity contribution in [1.29, 1.82) is 0 Å². The SMILES string of the molecule is O=C(O)Cc1csc(Sc2cccnn2)n1.